The van der Waals surface area contributed by atoms with Crippen LogP contribution in [0.1, 0.15) is 15.9 Å². The zero-order valence-electron chi connectivity index (χ0n) is 10.1. The number of amides is 1. The average Bonchev–Trinajstić information content (AvgIpc) is 2.48. The molecule has 0 bridgehead atoms. The molecule has 0 aliphatic rings. The molecule has 0 spiro atoms. The first-order valence-electron chi connectivity index (χ1n) is 5.40. The molecule has 0 radical (unpaired) electrons. The third-order valence-corrected chi connectivity index (χ3v) is 2.32. The Morgan fingerprint density at radius 1 is 1.37 bits per heavy atom. The van der Waals surface area contributed by atoms with Gasteiger partial charge in [0.1, 0.15) is 0 Å². The van der Waals surface area contributed by atoms with E-state index in [0.29, 0.717) is 16.8 Å². The summed E-state index contributed by atoms with van der Waals surface area (Å²) in [6.45, 7) is 0. The van der Waals surface area contributed by atoms with Crippen LogP contribution in [-0.4, -0.2) is 23.0 Å². The summed E-state index contributed by atoms with van der Waals surface area (Å²) in [5, 5.41) is 11.4. The fraction of sp³-hybridized carbons (Fsp3) is 0.0769. The molecular formula is C13H10N4O2. The summed E-state index contributed by atoms with van der Waals surface area (Å²) in [4.78, 5) is 19.7. The molecule has 0 aliphatic carbocycles. The molecule has 0 atom stereocenters. The lowest BCUT2D eigenvalue weighted by Crippen LogP contribution is -2.12. The van der Waals surface area contributed by atoms with Crippen molar-refractivity contribution in [3.05, 3.63) is 47.8 Å². The van der Waals surface area contributed by atoms with Crippen molar-refractivity contribution in [2.24, 2.45) is 0 Å². The molecular weight excluding hydrogens is 244 g/mol. The summed E-state index contributed by atoms with van der Waals surface area (Å²) in [5.74, 6) is -0.328. The number of carbonyl (C=O) groups is 1. The molecule has 1 aromatic carbocycles. The molecule has 6 heteroatoms. The molecule has 19 heavy (non-hydrogen) atoms. The number of nitrogens with zero attached hydrogens (tertiary/aromatic N) is 3. The molecule has 1 aromatic heterocycles. The summed E-state index contributed by atoms with van der Waals surface area (Å²) in [6.07, 6.45) is 2.88. The van der Waals surface area contributed by atoms with Gasteiger partial charge in [-0.25, -0.2) is 9.97 Å². The van der Waals surface area contributed by atoms with Crippen LogP contribution >= 0.6 is 0 Å². The standard InChI is InChI=1S/C13H10N4O2/c1-19-13-15-7-11(8-16-13)17-12(18)10-4-2-3-9(5-10)6-14/h2-5,7-8H,1H3,(H,17,18). The summed E-state index contributed by atoms with van der Waals surface area (Å²) in [7, 11) is 1.46. The van der Waals surface area contributed by atoms with Gasteiger partial charge >= 0.3 is 6.01 Å². The van der Waals surface area contributed by atoms with Crippen molar-refractivity contribution in [3.63, 3.8) is 0 Å². The third kappa shape index (κ3) is 3.04. The van der Waals surface area contributed by atoms with Crippen LogP contribution in [0.4, 0.5) is 5.69 Å². The van der Waals surface area contributed by atoms with Gasteiger partial charge in [-0.05, 0) is 18.2 Å². The SMILES string of the molecule is COc1ncc(NC(=O)c2cccc(C#N)c2)cn1. The number of aromatic nitrogens is 2. The van der Waals surface area contributed by atoms with E-state index in [4.69, 9.17) is 10.00 Å². The van der Waals surface area contributed by atoms with Gasteiger partial charge in [-0.15, -0.1) is 0 Å². The number of hydrogen-bond acceptors (Lipinski definition) is 5. The lowest BCUT2D eigenvalue weighted by Gasteiger charge is -2.05. The number of nitriles is 1. The minimum absolute atomic E-state index is 0.226. The normalized spacial score (nSPS) is 9.47. The maximum absolute atomic E-state index is 11.9. The van der Waals surface area contributed by atoms with E-state index < -0.39 is 0 Å². The first kappa shape index (κ1) is 12.5. The Morgan fingerprint density at radius 3 is 2.74 bits per heavy atom. The van der Waals surface area contributed by atoms with Crippen LogP contribution in [0.3, 0.4) is 0 Å². The van der Waals surface area contributed by atoms with Crippen molar-refractivity contribution >= 4 is 11.6 Å². The fourth-order valence-electron chi connectivity index (χ4n) is 1.42. The van der Waals surface area contributed by atoms with Crippen LogP contribution in [0.15, 0.2) is 36.7 Å². The molecule has 2 aromatic rings. The molecule has 2 rings (SSSR count). The maximum Gasteiger partial charge on any atom is 0.316 e. The quantitative estimate of drug-likeness (QED) is 0.898. The van der Waals surface area contributed by atoms with Gasteiger partial charge in [-0.1, -0.05) is 6.07 Å². The maximum atomic E-state index is 11.9. The van der Waals surface area contributed by atoms with Crippen LogP contribution < -0.4 is 10.1 Å². The van der Waals surface area contributed by atoms with E-state index in [1.807, 2.05) is 6.07 Å². The zero-order valence-corrected chi connectivity index (χ0v) is 10.1. The van der Waals surface area contributed by atoms with Gasteiger partial charge in [0.25, 0.3) is 5.91 Å². The second-order valence-corrected chi connectivity index (χ2v) is 3.61. The second kappa shape index (κ2) is 5.60. The smallest absolute Gasteiger partial charge is 0.316 e. The summed E-state index contributed by atoms with van der Waals surface area (Å²) >= 11 is 0. The third-order valence-electron chi connectivity index (χ3n) is 2.32. The highest BCUT2D eigenvalue weighted by molar-refractivity contribution is 6.04. The molecule has 1 N–H and O–H groups in total. The van der Waals surface area contributed by atoms with Gasteiger partial charge < -0.3 is 10.1 Å². The van der Waals surface area contributed by atoms with Crippen LogP contribution in [0.5, 0.6) is 6.01 Å². The molecule has 0 saturated heterocycles. The van der Waals surface area contributed by atoms with Gasteiger partial charge in [0.2, 0.25) is 0 Å². The predicted octanol–water partition coefficient (Wildman–Crippen LogP) is 1.61. The van der Waals surface area contributed by atoms with Crippen LogP contribution in [-0.2, 0) is 0 Å². The highest BCUT2D eigenvalue weighted by Gasteiger charge is 2.07. The number of nitrogens with one attached hydrogen (secondary N) is 1. The average molecular weight is 254 g/mol. The lowest BCUT2D eigenvalue weighted by atomic mass is 10.1. The summed E-state index contributed by atoms with van der Waals surface area (Å²) in [6, 6.07) is 8.63. The van der Waals surface area contributed by atoms with Crippen molar-refractivity contribution in [2.75, 3.05) is 12.4 Å². The molecule has 0 saturated carbocycles. The second-order valence-electron chi connectivity index (χ2n) is 3.61. The number of benzene rings is 1. The van der Waals surface area contributed by atoms with E-state index in [-0.39, 0.29) is 11.9 Å². The van der Waals surface area contributed by atoms with Crippen molar-refractivity contribution < 1.29 is 9.53 Å². The van der Waals surface area contributed by atoms with Gasteiger partial charge in [-0.2, -0.15) is 5.26 Å². The Balaban J connectivity index is 2.13. The zero-order chi connectivity index (χ0) is 13.7. The van der Waals surface area contributed by atoms with Gasteiger partial charge in [0.15, 0.2) is 0 Å². The molecule has 1 amide bonds. The number of ether oxygens (including phenoxy) is 1. The van der Waals surface area contributed by atoms with E-state index in [9.17, 15) is 4.79 Å². The number of rotatable bonds is 3. The summed E-state index contributed by atoms with van der Waals surface area (Å²) < 4.78 is 4.82. The van der Waals surface area contributed by atoms with Gasteiger partial charge in [0.05, 0.1) is 36.8 Å². The van der Waals surface area contributed by atoms with E-state index in [0.717, 1.165) is 0 Å². The molecule has 0 unspecified atom stereocenters. The Bertz CT molecular complexity index is 632. The van der Waals surface area contributed by atoms with E-state index in [1.165, 1.54) is 25.6 Å². The Hall–Kier alpha value is -2.94. The Morgan fingerprint density at radius 2 is 2.11 bits per heavy atom. The van der Waals surface area contributed by atoms with E-state index >= 15 is 0 Å². The van der Waals surface area contributed by atoms with Crippen molar-refractivity contribution in [3.8, 4) is 12.1 Å². The first-order valence-corrected chi connectivity index (χ1v) is 5.40. The largest absolute Gasteiger partial charge is 0.467 e. The number of methoxy groups -OCH3 is 1. The molecule has 0 aliphatic heterocycles. The van der Waals surface area contributed by atoms with E-state index in [1.54, 1.807) is 18.2 Å². The topological polar surface area (TPSA) is 87.9 Å². The van der Waals surface area contributed by atoms with Crippen molar-refractivity contribution in [1.29, 1.82) is 5.26 Å². The molecule has 94 valence electrons. The van der Waals surface area contributed by atoms with Crippen molar-refractivity contribution in [1.82, 2.24) is 9.97 Å². The lowest BCUT2D eigenvalue weighted by molar-refractivity contribution is 0.102. The van der Waals surface area contributed by atoms with Crippen LogP contribution in [0.2, 0.25) is 0 Å². The van der Waals surface area contributed by atoms with Crippen molar-refractivity contribution in [2.45, 2.75) is 0 Å². The van der Waals surface area contributed by atoms with Crippen LogP contribution in [0.25, 0.3) is 0 Å². The predicted molar refractivity (Wildman–Crippen MR) is 67.7 cm³/mol. The minimum atomic E-state index is -0.328. The van der Waals surface area contributed by atoms with Gasteiger partial charge in [0, 0.05) is 5.56 Å². The van der Waals surface area contributed by atoms with Gasteiger partial charge in [-0.3, -0.25) is 4.79 Å². The number of carbonyl (C=O) groups excluding carboxylic acids is 1. The molecule has 6 nitrogen and oxygen atoms in total. The number of hydrogen-bond donors (Lipinski definition) is 1. The van der Waals surface area contributed by atoms with Crippen LogP contribution in [0, 0.1) is 11.3 Å². The number of anilines is 1. The van der Waals surface area contributed by atoms with E-state index in [2.05, 4.69) is 15.3 Å². The molecule has 0 fully saturated rings. The highest BCUT2D eigenvalue weighted by atomic mass is 16.5. The fourth-order valence-corrected chi connectivity index (χ4v) is 1.42. The Kier molecular flexibility index (Phi) is 3.69. The first-order chi connectivity index (χ1) is 9.22. The molecule has 1 heterocycles. The highest BCUT2D eigenvalue weighted by Crippen LogP contribution is 2.10. The summed E-state index contributed by atoms with van der Waals surface area (Å²) in [5.41, 5.74) is 1.28. The monoisotopic (exact) mass is 254 g/mol. The minimum Gasteiger partial charge on any atom is -0.467 e. The Labute approximate surface area is 109 Å².